The Balaban J connectivity index is 2.08. The Hall–Kier alpha value is -1.66. The van der Waals surface area contributed by atoms with Crippen LogP contribution in [0.3, 0.4) is 0 Å². The zero-order chi connectivity index (χ0) is 14.5. The quantitative estimate of drug-likeness (QED) is 0.832. The number of nitrogens with zero attached hydrogens (tertiary/aromatic N) is 1. The van der Waals surface area contributed by atoms with Crippen LogP contribution < -0.4 is 15.2 Å². The zero-order valence-electron chi connectivity index (χ0n) is 11.4. The molecule has 6 heteroatoms. The van der Waals surface area contributed by atoms with Gasteiger partial charge in [0.15, 0.2) is 0 Å². The zero-order valence-corrected chi connectivity index (χ0v) is 13.0. The molecule has 0 aliphatic carbocycles. The maximum Gasteiger partial charge on any atom is 0.140 e. The smallest absolute Gasteiger partial charge is 0.140 e. The molecule has 0 aliphatic heterocycles. The summed E-state index contributed by atoms with van der Waals surface area (Å²) in [7, 11) is 1.63. The molecular weight excluding hydrogens is 292 g/mol. The molecule has 1 aromatic carbocycles. The van der Waals surface area contributed by atoms with Crippen LogP contribution in [0.15, 0.2) is 24.3 Å². The van der Waals surface area contributed by atoms with Gasteiger partial charge in [-0.15, -0.1) is 11.3 Å². The molecule has 2 rings (SSSR count). The normalized spacial score (nSPS) is 10.3. The number of hydrogen-bond acceptors (Lipinski definition) is 5. The van der Waals surface area contributed by atoms with Crippen LogP contribution in [0.4, 0.5) is 0 Å². The van der Waals surface area contributed by atoms with Gasteiger partial charge < -0.3 is 15.2 Å². The Bertz CT molecular complexity index is 611. The number of aryl methyl sites for hydroxylation is 1. The van der Waals surface area contributed by atoms with Crippen LogP contribution in [0.25, 0.3) is 0 Å². The van der Waals surface area contributed by atoms with Crippen LogP contribution in [0.5, 0.6) is 11.5 Å². The second kappa shape index (κ2) is 6.67. The summed E-state index contributed by atoms with van der Waals surface area (Å²) in [5.41, 5.74) is 6.63. The van der Waals surface area contributed by atoms with E-state index in [0.717, 1.165) is 33.5 Å². The Morgan fingerprint density at radius 3 is 2.75 bits per heavy atom. The van der Waals surface area contributed by atoms with Crippen LogP contribution in [0.2, 0.25) is 0 Å². The molecule has 1 aromatic heterocycles. The van der Waals surface area contributed by atoms with Crippen molar-refractivity contribution in [1.82, 2.24) is 4.98 Å². The number of ether oxygens (including phenoxy) is 2. The molecule has 0 bridgehead atoms. The van der Waals surface area contributed by atoms with Crippen molar-refractivity contribution in [3.05, 3.63) is 39.8 Å². The first-order valence-corrected chi connectivity index (χ1v) is 7.41. The van der Waals surface area contributed by atoms with Crippen LogP contribution in [0, 0.1) is 0 Å². The number of benzene rings is 1. The van der Waals surface area contributed by atoms with E-state index < -0.39 is 0 Å². The van der Waals surface area contributed by atoms with Crippen molar-refractivity contribution >= 4 is 28.5 Å². The summed E-state index contributed by atoms with van der Waals surface area (Å²) in [6.45, 7) is 2.43. The number of aromatic nitrogens is 1. The first kappa shape index (κ1) is 14.7. The summed E-state index contributed by atoms with van der Waals surface area (Å²) in [5, 5.41) is 0.868. The van der Waals surface area contributed by atoms with E-state index >= 15 is 0 Å². The summed E-state index contributed by atoms with van der Waals surface area (Å²) in [4.78, 5) is 5.78. The second-order valence-corrected chi connectivity index (χ2v) is 5.59. The van der Waals surface area contributed by atoms with E-state index in [-0.39, 0.29) is 0 Å². The maximum absolute atomic E-state index is 5.71. The van der Waals surface area contributed by atoms with E-state index in [0.29, 0.717) is 11.6 Å². The Kier molecular flexibility index (Phi) is 4.92. The molecule has 2 aromatic rings. The standard InChI is InChI=1S/C14H16N2O2S2/c1-3-11-13(14(15)19)20-12(16-11)8-18-10-6-4-5-9(7-10)17-2/h4-7H,3,8H2,1-2H3,(H2,15,19). The van der Waals surface area contributed by atoms with Gasteiger partial charge in [-0.2, -0.15) is 0 Å². The lowest BCUT2D eigenvalue weighted by Crippen LogP contribution is -2.09. The fourth-order valence-corrected chi connectivity index (χ4v) is 2.89. The lowest BCUT2D eigenvalue weighted by Gasteiger charge is -2.05. The van der Waals surface area contributed by atoms with Gasteiger partial charge in [-0.3, -0.25) is 0 Å². The molecule has 0 unspecified atom stereocenters. The summed E-state index contributed by atoms with van der Waals surface area (Å²) in [5.74, 6) is 1.51. The maximum atomic E-state index is 5.71. The van der Waals surface area contributed by atoms with E-state index in [1.54, 1.807) is 7.11 Å². The average molecular weight is 308 g/mol. The fraction of sp³-hybridized carbons (Fsp3) is 0.286. The van der Waals surface area contributed by atoms with Crippen LogP contribution in [-0.4, -0.2) is 17.1 Å². The largest absolute Gasteiger partial charge is 0.497 e. The van der Waals surface area contributed by atoms with Crippen LogP contribution >= 0.6 is 23.6 Å². The second-order valence-electron chi connectivity index (χ2n) is 4.07. The van der Waals surface area contributed by atoms with E-state index in [2.05, 4.69) is 4.98 Å². The van der Waals surface area contributed by atoms with Gasteiger partial charge in [-0.05, 0) is 18.6 Å². The third-order valence-corrected chi connectivity index (χ3v) is 4.14. The SMILES string of the molecule is CCc1nc(COc2cccc(OC)c2)sc1C(N)=S. The van der Waals surface area contributed by atoms with E-state index in [9.17, 15) is 0 Å². The molecule has 0 saturated carbocycles. The lowest BCUT2D eigenvalue weighted by molar-refractivity contribution is 0.303. The van der Waals surface area contributed by atoms with Crippen molar-refractivity contribution in [1.29, 1.82) is 0 Å². The van der Waals surface area contributed by atoms with Crippen LogP contribution in [0.1, 0.15) is 22.5 Å². The van der Waals surface area contributed by atoms with Gasteiger partial charge in [-0.1, -0.05) is 25.2 Å². The Labute approximate surface area is 127 Å². The molecule has 0 saturated heterocycles. The molecule has 0 atom stereocenters. The van der Waals surface area contributed by atoms with Crippen molar-refractivity contribution in [2.24, 2.45) is 5.73 Å². The fourth-order valence-electron chi connectivity index (χ4n) is 1.73. The minimum absolute atomic E-state index is 0.395. The third-order valence-electron chi connectivity index (χ3n) is 2.70. The van der Waals surface area contributed by atoms with Gasteiger partial charge in [0.05, 0.1) is 17.7 Å². The number of rotatable bonds is 6. The molecule has 20 heavy (non-hydrogen) atoms. The van der Waals surface area contributed by atoms with Crippen LogP contribution in [-0.2, 0) is 13.0 Å². The van der Waals surface area contributed by atoms with Gasteiger partial charge in [0.2, 0.25) is 0 Å². The number of thiocarbonyl (C=S) groups is 1. The van der Waals surface area contributed by atoms with Crippen molar-refractivity contribution in [3.8, 4) is 11.5 Å². The average Bonchev–Trinajstić information content (AvgIpc) is 2.89. The van der Waals surface area contributed by atoms with Gasteiger partial charge in [0, 0.05) is 6.07 Å². The lowest BCUT2D eigenvalue weighted by atomic mass is 10.3. The minimum atomic E-state index is 0.395. The van der Waals surface area contributed by atoms with Gasteiger partial charge >= 0.3 is 0 Å². The first-order valence-electron chi connectivity index (χ1n) is 6.19. The van der Waals surface area contributed by atoms with Crippen molar-refractivity contribution < 1.29 is 9.47 Å². The van der Waals surface area contributed by atoms with Gasteiger partial charge in [-0.25, -0.2) is 4.98 Å². The van der Waals surface area contributed by atoms with Crippen molar-refractivity contribution in [2.75, 3.05) is 7.11 Å². The summed E-state index contributed by atoms with van der Waals surface area (Å²) < 4.78 is 10.9. The Morgan fingerprint density at radius 1 is 1.40 bits per heavy atom. The highest BCUT2D eigenvalue weighted by molar-refractivity contribution is 7.81. The molecule has 2 N–H and O–H groups in total. The number of methoxy groups -OCH3 is 1. The van der Waals surface area contributed by atoms with Crippen molar-refractivity contribution in [3.63, 3.8) is 0 Å². The molecule has 0 amide bonds. The summed E-state index contributed by atoms with van der Waals surface area (Å²) in [6.07, 6.45) is 0.808. The molecule has 0 aliphatic rings. The molecule has 4 nitrogen and oxygen atoms in total. The molecule has 0 spiro atoms. The van der Waals surface area contributed by atoms with Gasteiger partial charge in [0.25, 0.3) is 0 Å². The molecular formula is C14H16N2O2S2. The van der Waals surface area contributed by atoms with E-state index in [1.165, 1.54) is 11.3 Å². The predicted molar refractivity (Wildman–Crippen MR) is 84.7 cm³/mol. The van der Waals surface area contributed by atoms with E-state index in [1.807, 2.05) is 31.2 Å². The molecule has 0 radical (unpaired) electrons. The summed E-state index contributed by atoms with van der Waals surface area (Å²) >= 11 is 6.52. The minimum Gasteiger partial charge on any atom is -0.497 e. The summed E-state index contributed by atoms with van der Waals surface area (Å²) in [6, 6.07) is 7.47. The van der Waals surface area contributed by atoms with E-state index in [4.69, 9.17) is 27.4 Å². The molecule has 106 valence electrons. The predicted octanol–water partition coefficient (Wildman–Crippen LogP) is 2.93. The highest BCUT2D eigenvalue weighted by atomic mass is 32.1. The monoisotopic (exact) mass is 308 g/mol. The molecule has 0 fully saturated rings. The van der Waals surface area contributed by atoms with Crippen molar-refractivity contribution in [2.45, 2.75) is 20.0 Å². The number of nitrogens with two attached hydrogens (primary N) is 1. The first-order chi connectivity index (χ1) is 9.63. The highest BCUT2D eigenvalue weighted by Gasteiger charge is 2.12. The molecule has 1 heterocycles. The topological polar surface area (TPSA) is 57.4 Å². The Morgan fingerprint density at radius 2 is 2.15 bits per heavy atom. The number of thiazole rings is 1. The third kappa shape index (κ3) is 3.46. The highest BCUT2D eigenvalue weighted by Crippen LogP contribution is 2.23. The number of hydrogen-bond donors (Lipinski definition) is 1. The van der Waals surface area contributed by atoms with Gasteiger partial charge in [0.1, 0.15) is 28.1 Å².